The maximum absolute atomic E-state index is 12.1. The van der Waals surface area contributed by atoms with Gasteiger partial charge in [0.15, 0.2) is 11.5 Å². The first-order valence-corrected chi connectivity index (χ1v) is 9.01. The van der Waals surface area contributed by atoms with E-state index in [-0.39, 0.29) is 36.4 Å². The van der Waals surface area contributed by atoms with Crippen molar-refractivity contribution in [3.05, 3.63) is 41.5 Å². The number of nitrogens with two attached hydrogens (primary N) is 1. The first-order valence-electron chi connectivity index (χ1n) is 9.01. The number of carbonyl (C=O) groups excluding carboxylic acids is 2. The van der Waals surface area contributed by atoms with Crippen LogP contribution >= 0.6 is 0 Å². The Morgan fingerprint density at radius 2 is 1.84 bits per heavy atom. The van der Waals surface area contributed by atoms with Gasteiger partial charge in [0.1, 0.15) is 5.75 Å². The van der Waals surface area contributed by atoms with Gasteiger partial charge < -0.3 is 39.9 Å². The normalized spacial score (nSPS) is 12.7. The summed E-state index contributed by atoms with van der Waals surface area (Å²) in [5.74, 6) is 0.0790. The van der Waals surface area contributed by atoms with Gasteiger partial charge in [0.2, 0.25) is 18.4 Å². The molecule has 3 rings (SSSR count). The number of carboxylic acids is 1. The van der Waals surface area contributed by atoms with Gasteiger partial charge in [-0.2, -0.15) is 0 Å². The van der Waals surface area contributed by atoms with Crippen molar-refractivity contribution in [1.82, 2.24) is 0 Å². The molecule has 0 spiro atoms. The number of fused-ring (bicyclic) bond motifs is 1. The van der Waals surface area contributed by atoms with Gasteiger partial charge in [-0.1, -0.05) is 18.2 Å². The number of hydrogen-bond acceptors (Lipinski definition) is 8. The number of anilines is 1. The number of carbonyl (C=O) groups is 2. The Morgan fingerprint density at radius 3 is 2.52 bits per heavy atom. The zero-order chi connectivity index (χ0) is 21.7. The Hall–Kier alpha value is -2.72. The van der Waals surface area contributed by atoms with Crippen molar-refractivity contribution in [3.63, 3.8) is 0 Å². The Balaban J connectivity index is 0.00000341. The largest absolute Gasteiger partial charge is 1.00 e. The predicted octanol–water partition coefficient (Wildman–Crippen LogP) is -1.99. The molecule has 1 unspecified atom stereocenters. The molecule has 0 radical (unpaired) electrons. The molecule has 0 saturated carbocycles. The third kappa shape index (κ3) is 6.14. The van der Waals surface area contributed by atoms with Crippen LogP contribution in [0.25, 0.3) is 12.2 Å². The second kappa shape index (κ2) is 11.1. The van der Waals surface area contributed by atoms with Crippen LogP contribution in [0.15, 0.2) is 30.3 Å². The second-order valence-electron chi connectivity index (χ2n) is 6.42. The van der Waals surface area contributed by atoms with Crippen LogP contribution in [0.1, 0.15) is 17.5 Å². The Morgan fingerprint density at radius 1 is 1.13 bits per heavy atom. The standard InChI is InChI=1S/C21H22N2O7.Na/c1-27-16-6-5-12(7-15(16)23-21(26)14(22)10-19(24)25)3-4-13-8-17(28-2)20-18(9-13)29-11-30-20;/h3-9,14H,10-11,22H2,1-2H3,(H,23,26)(H,24,25);/q;+1/p-1/b4-3-;. The molecule has 1 heterocycles. The van der Waals surface area contributed by atoms with Crippen LogP contribution in [0.2, 0.25) is 0 Å². The topological polar surface area (TPSA) is 132 Å². The Kier molecular flexibility index (Phi) is 8.76. The maximum atomic E-state index is 12.1. The summed E-state index contributed by atoms with van der Waals surface area (Å²) in [6.07, 6.45) is 3.09. The summed E-state index contributed by atoms with van der Waals surface area (Å²) in [5, 5.41) is 13.2. The minimum atomic E-state index is -1.40. The molecule has 3 N–H and O–H groups in total. The van der Waals surface area contributed by atoms with E-state index in [1.165, 1.54) is 7.11 Å². The van der Waals surface area contributed by atoms with E-state index in [0.29, 0.717) is 28.7 Å². The third-order valence-corrected chi connectivity index (χ3v) is 4.35. The van der Waals surface area contributed by atoms with Gasteiger partial charge in [-0.25, -0.2) is 0 Å². The molecular weight excluding hydrogens is 415 g/mol. The van der Waals surface area contributed by atoms with E-state index in [1.807, 2.05) is 24.3 Å². The van der Waals surface area contributed by atoms with Crippen LogP contribution in [0.5, 0.6) is 23.0 Å². The molecule has 1 atom stereocenters. The van der Waals surface area contributed by atoms with Crippen molar-refractivity contribution in [2.24, 2.45) is 5.73 Å². The summed E-state index contributed by atoms with van der Waals surface area (Å²) in [5.41, 5.74) is 7.53. The monoisotopic (exact) mass is 436 g/mol. The summed E-state index contributed by atoms with van der Waals surface area (Å²) >= 11 is 0. The van der Waals surface area contributed by atoms with E-state index in [9.17, 15) is 14.7 Å². The average Bonchev–Trinajstić information content (AvgIpc) is 3.20. The average molecular weight is 436 g/mol. The molecule has 1 aliphatic rings. The SMILES string of the molecule is COc1ccc(/C=C\c2cc(OC)c3c(c2)OCO3)cc1NC(=O)C(N)CC(=O)[O-].[Na+]. The number of rotatable bonds is 8. The van der Waals surface area contributed by atoms with Crippen molar-refractivity contribution < 1.29 is 63.2 Å². The fourth-order valence-electron chi connectivity index (χ4n) is 2.86. The summed E-state index contributed by atoms with van der Waals surface area (Å²) in [4.78, 5) is 22.8. The van der Waals surface area contributed by atoms with Crippen LogP contribution < -0.4 is 64.7 Å². The molecule has 2 aromatic rings. The first-order chi connectivity index (χ1) is 14.4. The van der Waals surface area contributed by atoms with Gasteiger partial charge in [0.25, 0.3) is 0 Å². The molecule has 10 heteroatoms. The molecule has 1 amide bonds. The van der Waals surface area contributed by atoms with Crippen LogP contribution in [-0.4, -0.2) is 38.9 Å². The minimum absolute atomic E-state index is 0. The number of benzene rings is 2. The van der Waals surface area contributed by atoms with E-state index in [1.54, 1.807) is 25.3 Å². The first kappa shape index (κ1) is 24.5. The van der Waals surface area contributed by atoms with Crippen molar-refractivity contribution in [3.8, 4) is 23.0 Å². The number of ether oxygens (including phenoxy) is 4. The molecule has 0 aliphatic carbocycles. The Labute approximate surface area is 201 Å². The van der Waals surface area contributed by atoms with Crippen LogP contribution in [0.4, 0.5) is 5.69 Å². The molecular formula is C21H21N2NaO7. The van der Waals surface area contributed by atoms with Gasteiger partial charge in [0, 0.05) is 12.4 Å². The molecule has 0 saturated heterocycles. The number of hydrogen-bond donors (Lipinski definition) is 2. The van der Waals surface area contributed by atoms with Crippen LogP contribution in [0.3, 0.4) is 0 Å². The summed E-state index contributed by atoms with van der Waals surface area (Å²) in [6, 6.07) is 7.57. The molecule has 0 bridgehead atoms. The predicted molar refractivity (Wildman–Crippen MR) is 107 cm³/mol. The van der Waals surface area contributed by atoms with E-state index < -0.39 is 24.3 Å². The minimum Gasteiger partial charge on any atom is -0.550 e. The number of aliphatic carboxylic acids is 1. The van der Waals surface area contributed by atoms with Crippen LogP contribution in [-0.2, 0) is 9.59 Å². The molecule has 0 aromatic heterocycles. The fraction of sp³-hybridized carbons (Fsp3) is 0.238. The summed E-state index contributed by atoms with van der Waals surface area (Å²) in [7, 11) is 3.01. The number of amides is 1. The van der Waals surface area contributed by atoms with Gasteiger partial charge in [-0.15, -0.1) is 0 Å². The molecule has 2 aromatic carbocycles. The van der Waals surface area contributed by atoms with Crippen molar-refractivity contribution in [2.75, 3.05) is 26.3 Å². The molecule has 9 nitrogen and oxygen atoms in total. The van der Waals surface area contributed by atoms with E-state index >= 15 is 0 Å². The summed E-state index contributed by atoms with van der Waals surface area (Å²) in [6.45, 7) is 0.139. The third-order valence-electron chi connectivity index (χ3n) is 4.35. The number of carboxylic acid groups (broad SMARTS) is 1. The number of methoxy groups -OCH3 is 2. The van der Waals surface area contributed by atoms with Crippen LogP contribution in [0, 0.1) is 0 Å². The molecule has 0 fully saturated rings. The van der Waals surface area contributed by atoms with Gasteiger partial charge in [-0.3, -0.25) is 4.79 Å². The second-order valence-corrected chi connectivity index (χ2v) is 6.42. The zero-order valence-electron chi connectivity index (χ0n) is 17.5. The van der Waals surface area contributed by atoms with Crippen molar-refractivity contribution >= 4 is 29.7 Å². The fourth-order valence-corrected chi connectivity index (χ4v) is 2.86. The smallest absolute Gasteiger partial charge is 0.550 e. The van der Waals surface area contributed by atoms with Gasteiger partial charge in [0.05, 0.1) is 25.9 Å². The quantitative estimate of drug-likeness (QED) is 0.359. The number of nitrogens with one attached hydrogen (secondary N) is 1. The van der Waals surface area contributed by atoms with E-state index in [4.69, 9.17) is 24.7 Å². The maximum Gasteiger partial charge on any atom is 1.00 e. The van der Waals surface area contributed by atoms with Crippen molar-refractivity contribution in [1.29, 1.82) is 0 Å². The zero-order valence-corrected chi connectivity index (χ0v) is 19.5. The molecule has 31 heavy (non-hydrogen) atoms. The molecule has 158 valence electrons. The summed E-state index contributed by atoms with van der Waals surface area (Å²) < 4.78 is 21.4. The van der Waals surface area contributed by atoms with Crippen molar-refractivity contribution in [2.45, 2.75) is 12.5 Å². The van der Waals surface area contributed by atoms with E-state index in [2.05, 4.69) is 5.32 Å². The Bertz CT molecular complexity index is 994. The van der Waals surface area contributed by atoms with Gasteiger partial charge in [-0.05, 0) is 35.4 Å². The molecule has 1 aliphatic heterocycles. The van der Waals surface area contributed by atoms with E-state index in [0.717, 1.165) is 11.1 Å². The van der Waals surface area contributed by atoms with Gasteiger partial charge >= 0.3 is 29.6 Å².